The summed E-state index contributed by atoms with van der Waals surface area (Å²) < 4.78 is 92.3. The van der Waals surface area contributed by atoms with Gasteiger partial charge in [-0.05, 0) is 36.4 Å². The Balaban J connectivity index is 1.65. The number of allylic oxidation sites excluding steroid dienone is 1. The van der Waals surface area contributed by atoms with Gasteiger partial charge in [0.1, 0.15) is 23.9 Å². The number of hydrogen-bond donors (Lipinski definition) is 0. The number of halogens is 6. The highest BCUT2D eigenvalue weighted by Gasteiger charge is 2.21. The highest BCUT2D eigenvalue weighted by atomic mass is 19.3. The zero-order valence-corrected chi connectivity index (χ0v) is 15.4. The molecule has 0 N–H and O–H groups in total. The summed E-state index contributed by atoms with van der Waals surface area (Å²) in [6.07, 6.45) is 2.36. The van der Waals surface area contributed by atoms with Crippen LogP contribution in [0, 0.1) is 23.3 Å². The van der Waals surface area contributed by atoms with Crippen LogP contribution in [-0.2, 0) is 6.61 Å². The van der Waals surface area contributed by atoms with Crippen LogP contribution in [0.25, 0.3) is 6.08 Å². The molecule has 4 nitrogen and oxygen atoms in total. The topological polar surface area (TPSA) is 48.7 Å². The van der Waals surface area contributed by atoms with Crippen molar-refractivity contribution in [2.75, 3.05) is 0 Å². The van der Waals surface area contributed by atoms with Crippen molar-refractivity contribution in [3.05, 3.63) is 88.9 Å². The smallest absolute Gasteiger partial charge is 0.387 e. The lowest BCUT2D eigenvalue weighted by Crippen LogP contribution is -2.03. The number of carbonyl (C=O) groups excluding carboxylic acids is 1. The average Bonchev–Trinajstić information content (AvgIpc) is 3.18. The van der Waals surface area contributed by atoms with E-state index in [-0.39, 0.29) is 28.9 Å². The minimum absolute atomic E-state index is 0.0444. The molecular weight excluding hydrogens is 430 g/mol. The third kappa shape index (κ3) is 5.47. The van der Waals surface area contributed by atoms with Crippen LogP contribution in [-0.4, -0.2) is 12.4 Å². The van der Waals surface area contributed by atoms with E-state index < -0.39 is 48.0 Å². The Bertz CT molecular complexity index is 1100. The van der Waals surface area contributed by atoms with Gasteiger partial charge < -0.3 is 13.9 Å². The molecule has 0 radical (unpaired) electrons. The Morgan fingerprint density at radius 1 is 1.00 bits per heavy atom. The number of benzene rings is 2. The van der Waals surface area contributed by atoms with E-state index in [1.807, 2.05) is 0 Å². The number of hydrogen-bond acceptors (Lipinski definition) is 4. The summed E-state index contributed by atoms with van der Waals surface area (Å²) in [5.41, 5.74) is 0.0867. The van der Waals surface area contributed by atoms with Gasteiger partial charge in [-0.2, -0.15) is 17.6 Å². The standard InChI is InChI=1S/C21H12F6O4/c22-15-9-16(23)19(25)20(18(15)24)29-10-14-5-4-12(30-14)6-7-17(28)11-2-1-3-13(8-11)31-21(26)27/h1-9,21H,10H2. The SMILES string of the molecule is O=C(C=Cc1ccc(COc2c(F)c(F)cc(F)c2F)o1)c1cccc(OC(F)F)c1. The van der Waals surface area contributed by atoms with E-state index in [1.165, 1.54) is 36.4 Å². The molecule has 0 fully saturated rings. The van der Waals surface area contributed by atoms with Crippen molar-refractivity contribution in [3.8, 4) is 11.5 Å². The first-order valence-corrected chi connectivity index (χ1v) is 8.56. The Kier molecular flexibility index (Phi) is 6.68. The molecule has 0 spiro atoms. The molecule has 0 saturated carbocycles. The van der Waals surface area contributed by atoms with Gasteiger partial charge >= 0.3 is 6.61 Å². The molecule has 0 aliphatic heterocycles. The molecule has 0 amide bonds. The van der Waals surface area contributed by atoms with Crippen molar-refractivity contribution in [2.24, 2.45) is 0 Å². The van der Waals surface area contributed by atoms with Crippen molar-refractivity contribution >= 4 is 11.9 Å². The van der Waals surface area contributed by atoms with Gasteiger partial charge in [-0.15, -0.1) is 0 Å². The van der Waals surface area contributed by atoms with Crippen LogP contribution in [0.4, 0.5) is 26.3 Å². The van der Waals surface area contributed by atoms with E-state index in [2.05, 4.69) is 4.74 Å². The Morgan fingerprint density at radius 3 is 2.39 bits per heavy atom. The van der Waals surface area contributed by atoms with Gasteiger partial charge in [0.25, 0.3) is 0 Å². The number of rotatable bonds is 8. The molecule has 2 aromatic carbocycles. The predicted molar refractivity (Wildman–Crippen MR) is 95.8 cm³/mol. The van der Waals surface area contributed by atoms with Gasteiger partial charge in [0.15, 0.2) is 23.2 Å². The average molecular weight is 442 g/mol. The summed E-state index contributed by atoms with van der Waals surface area (Å²) in [6, 6.07) is 7.98. The predicted octanol–water partition coefficient (Wildman–Crippen LogP) is 5.91. The maximum Gasteiger partial charge on any atom is 0.387 e. The fourth-order valence-electron chi connectivity index (χ4n) is 2.46. The van der Waals surface area contributed by atoms with Crippen LogP contribution < -0.4 is 9.47 Å². The van der Waals surface area contributed by atoms with E-state index in [0.29, 0.717) is 0 Å². The maximum absolute atomic E-state index is 13.6. The largest absolute Gasteiger partial charge is 0.479 e. The van der Waals surface area contributed by atoms with E-state index in [1.54, 1.807) is 0 Å². The zero-order chi connectivity index (χ0) is 22.5. The second kappa shape index (κ2) is 9.41. The minimum Gasteiger partial charge on any atom is -0.479 e. The van der Waals surface area contributed by atoms with Crippen LogP contribution >= 0.6 is 0 Å². The highest BCUT2D eigenvalue weighted by molar-refractivity contribution is 6.06. The number of ketones is 1. The van der Waals surface area contributed by atoms with Crippen molar-refractivity contribution in [2.45, 2.75) is 13.2 Å². The molecule has 3 aromatic rings. The Labute approximate surface area is 171 Å². The summed E-state index contributed by atoms with van der Waals surface area (Å²) in [4.78, 5) is 12.2. The minimum atomic E-state index is -3.03. The molecule has 1 aromatic heterocycles. The quantitative estimate of drug-likeness (QED) is 0.188. The third-order valence-corrected chi connectivity index (χ3v) is 3.86. The van der Waals surface area contributed by atoms with Gasteiger partial charge in [-0.3, -0.25) is 4.79 Å². The first-order chi connectivity index (χ1) is 14.7. The number of carbonyl (C=O) groups is 1. The molecule has 0 aliphatic rings. The lowest BCUT2D eigenvalue weighted by Gasteiger charge is -2.08. The van der Waals surface area contributed by atoms with Gasteiger partial charge in [-0.1, -0.05) is 12.1 Å². The fraction of sp³-hybridized carbons (Fsp3) is 0.0952. The molecule has 3 rings (SSSR count). The van der Waals surface area contributed by atoms with Gasteiger partial charge in [-0.25, -0.2) is 8.78 Å². The van der Waals surface area contributed by atoms with Gasteiger partial charge in [0.05, 0.1) is 0 Å². The zero-order valence-electron chi connectivity index (χ0n) is 15.4. The molecule has 0 saturated heterocycles. The molecule has 0 aliphatic carbocycles. The van der Waals surface area contributed by atoms with E-state index in [0.717, 1.165) is 12.1 Å². The summed E-state index contributed by atoms with van der Waals surface area (Å²) in [6.45, 7) is -3.58. The molecule has 0 unspecified atom stereocenters. The molecule has 1 heterocycles. The monoisotopic (exact) mass is 442 g/mol. The van der Waals surface area contributed by atoms with E-state index >= 15 is 0 Å². The van der Waals surface area contributed by atoms with Gasteiger partial charge in [0, 0.05) is 11.6 Å². The molecule has 0 bridgehead atoms. The summed E-state index contributed by atoms with van der Waals surface area (Å²) in [5, 5.41) is 0. The van der Waals surface area contributed by atoms with Crippen molar-refractivity contribution in [3.63, 3.8) is 0 Å². The summed E-state index contributed by atoms with van der Waals surface area (Å²) in [5.74, 6) is -8.35. The molecule has 31 heavy (non-hydrogen) atoms. The van der Waals surface area contributed by atoms with Crippen molar-refractivity contribution in [1.82, 2.24) is 0 Å². The third-order valence-electron chi connectivity index (χ3n) is 3.86. The van der Waals surface area contributed by atoms with Crippen LogP contribution in [0.1, 0.15) is 21.9 Å². The Morgan fingerprint density at radius 2 is 1.71 bits per heavy atom. The molecule has 0 atom stereocenters. The van der Waals surface area contributed by atoms with Crippen LogP contribution in [0.15, 0.2) is 53.0 Å². The first kappa shape index (κ1) is 22.0. The van der Waals surface area contributed by atoms with Crippen molar-refractivity contribution in [1.29, 1.82) is 0 Å². The molecule has 162 valence electrons. The maximum atomic E-state index is 13.6. The van der Waals surface area contributed by atoms with E-state index in [4.69, 9.17) is 9.15 Å². The summed E-state index contributed by atoms with van der Waals surface area (Å²) >= 11 is 0. The lowest BCUT2D eigenvalue weighted by atomic mass is 10.1. The summed E-state index contributed by atoms with van der Waals surface area (Å²) in [7, 11) is 0. The van der Waals surface area contributed by atoms with E-state index in [9.17, 15) is 31.1 Å². The van der Waals surface area contributed by atoms with Crippen molar-refractivity contribution < 1.29 is 45.0 Å². The normalized spacial score (nSPS) is 11.3. The van der Waals surface area contributed by atoms with Crippen LogP contribution in [0.5, 0.6) is 11.5 Å². The molecular formula is C21H12F6O4. The number of ether oxygens (including phenoxy) is 2. The number of alkyl halides is 2. The Hall–Kier alpha value is -3.69. The fourth-order valence-corrected chi connectivity index (χ4v) is 2.46. The second-order valence-electron chi connectivity index (χ2n) is 5.99. The van der Waals surface area contributed by atoms with Gasteiger partial charge in [0.2, 0.25) is 11.6 Å². The second-order valence-corrected chi connectivity index (χ2v) is 5.99. The van der Waals surface area contributed by atoms with Crippen LogP contribution in [0.3, 0.4) is 0 Å². The first-order valence-electron chi connectivity index (χ1n) is 8.56. The number of furan rings is 1. The van der Waals surface area contributed by atoms with Crippen LogP contribution in [0.2, 0.25) is 0 Å². The molecule has 10 heteroatoms. The lowest BCUT2D eigenvalue weighted by molar-refractivity contribution is -0.0498. The highest BCUT2D eigenvalue weighted by Crippen LogP contribution is 2.27.